The van der Waals surface area contributed by atoms with Gasteiger partial charge < -0.3 is 4.74 Å². The maximum Gasteiger partial charge on any atom is 0.334 e. The van der Waals surface area contributed by atoms with E-state index in [0.717, 1.165) is 14.5 Å². The van der Waals surface area contributed by atoms with Gasteiger partial charge in [0.1, 0.15) is 0 Å². The number of carbonyl (C=O) groups excluding carboxylic acids is 1. The summed E-state index contributed by atoms with van der Waals surface area (Å²) in [6.45, 7) is 5.13. The molecule has 0 bridgehead atoms. The Morgan fingerprint density at radius 2 is 2.06 bits per heavy atom. The zero-order valence-electron chi connectivity index (χ0n) is 8.47. The third kappa shape index (κ3) is 3.43. The van der Waals surface area contributed by atoms with Crippen LogP contribution in [0.25, 0.3) is 0 Å². The molecule has 0 saturated carbocycles. The molecule has 0 aliphatic rings. The van der Waals surface area contributed by atoms with E-state index in [2.05, 4.69) is 54.4 Å². The van der Waals surface area contributed by atoms with Gasteiger partial charge in [-0.1, -0.05) is 18.7 Å². The predicted molar refractivity (Wildman–Crippen MR) is 74.4 cm³/mol. The number of esters is 1. The Bertz CT molecular complexity index is 429. The van der Waals surface area contributed by atoms with Crippen LogP contribution >= 0.6 is 47.8 Å². The second-order valence-electron chi connectivity index (χ2n) is 3.14. The summed E-state index contributed by atoms with van der Waals surface area (Å²) in [5.74, 6) is -0.422. The average Bonchev–Trinajstić information content (AvgIpc) is 2.21. The van der Waals surface area contributed by atoms with Crippen LogP contribution < -0.4 is 0 Å². The maximum absolute atomic E-state index is 11.3. The summed E-state index contributed by atoms with van der Waals surface area (Å²) in [4.78, 5) is 11.3. The van der Waals surface area contributed by atoms with Crippen LogP contribution in [0.3, 0.4) is 0 Å². The molecule has 0 N–H and O–H groups in total. The first-order valence-electron chi connectivity index (χ1n) is 4.38. The first-order valence-corrected chi connectivity index (χ1v) is 6.88. The van der Waals surface area contributed by atoms with Crippen LogP contribution in [0.5, 0.6) is 0 Å². The van der Waals surface area contributed by atoms with Gasteiger partial charge in [-0.05, 0) is 60.8 Å². The number of halogens is 3. The third-order valence-electron chi connectivity index (χ3n) is 1.78. The second-order valence-corrected chi connectivity index (χ2v) is 5.62. The molecule has 5 heteroatoms. The van der Waals surface area contributed by atoms with E-state index in [4.69, 9.17) is 4.74 Å². The average molecular weight is 413 g/mol. The summed E-state index contributed by atoms with van der Waals surface area (Å²) in [7, 11) is 0. The summed E-state index contributed by atoms with van der Waals surface area (Å²) < 4.78 is 6.92. The predicted octanol–water partition coefficient (Wildman–Crippen LogP) is 4.72. The maximum atomic E-state index is 11.3. The van der Waals surface area contributed by atoms with Crippen molar-refractivity contribution in [2.24, 2.45) is 0 Å². The van der Waals surface area contributed by atoms with Gasteiger partial charge in [-0.3, -0.25) is 0 Å². The lowest BCUT2D eigenvalue weighted by Gasteiger charge is -2.14. The van der Waals surface area contributed by atoms with E-state index in [0.29, 0.717) is 5.57 Å². The molecule has 0 heterocycles. The molecule has 1 aromatic carbocycles. The highest BCUT2D eigenvalue weighted by Crippen LogP contribution is 2.35. The Morgan fingerprint density at radius 3 is 2.62 bits per heavy atom. The van der Waals surface area contributed by atoms with Gasteiger partial charge in [-0.15, -0.1) is 0 Å². The van der Waals surface area contributed by atoms with Gasteiger partial charge in [0.2, 0.25) is 0 Å². The van der Waals surface area contributed by atoms with Crippen LogP contribution in [-0.4, -0.2) is 5.97 Å². The van der Waals surface area contributed by atoms with Crippen molar-refractivity contribution in [3.05, 3.63) is 44.9 Å². The summed E-state index contributed by atoms with van der Waals surface area (Å²) in [5, 5.41) is -0.497. The van der Waals surface area contributed by atoms with E-state index in [9.17, 15) is 4.79 Å². The monoisotopic (exact) mass is 410 g/mol. The number of benzene rings is 1. The highest BCUT2D eigenvalue weighted by Gasteiger charge is 2.17. The normalized spacial score (nSPS) is 12.0. The molecular formula is C11H9Br3O2. The highest BCUT2D eigenvalue weighted by molar-refractivity contribution is 9.13. The Kier molecular flexibility index (Phi) is 5.21. The lowest BCUT2D eigenvalue weighted by atomic mass is 10.2. The van der Waals surface area contributed by atoms with Crippen LogP contribution in [0.15, 0.2) is 39.3 Å². The number of rotatable bonds is 3. The molecule has 86 valence electrons. The number of alkyl halides is 1. The molecule has 1 unspecified atom stereocenters. The minimum Gasteiger partial charge on any atom is -0.442 e. The van der Waals surface area contributed by atoms with E-state index < -0.39 is 11.0 Å². The summed E-state index contributed by atoms with van der Waals surface area (Å²) in [5.41, 5.74) is 1.21. The molecule has 0 aromatic heterocycles. The zero-order valence-corrected chi connectivity index (χ0v) is 13.2. The molecule has 1 aromatic rings. The summed E-state index contributed by atoms with van der Waals surface area (Å²) in [6, 6.07) is 5.63. The zero-order chi connectivity index (χ0) is 12.3. The van der Waals surface area contributed by atoms with Gasteiger partial charge in [0.15, 0.2) is 5.01 Å². The molecule has 0 radical (unpaired) electrons. The van der Waals surface area contributed by atoms with Crippen LogP contribution in [0, 0.1) is 0 Å². The minimum absolute atomic E-state index is 0.371. The van der Waals surface area contributed by atoms with Crippen molar-refractivity contribution < 1.29 is 9.53 Å². The van der Waals surface area contributed by atoms with Crippen LogP contribution in [0.4, 0.5) is 0 Å². The SMILES string of the molecule is C=C(C)C(=O)OC(Br)c1cccc(Br)c1Br. The van der Waals surface area contributed by atoms with E-state index in [1.54, 1.807) is 6.92 Å². The molecular weight excluding hydrogens is 404 g/mol. The summed E-state index contributed by atoms with van der Waals surface area (Å²) in [6.07, 6.45) is 0. The van der Waals surface area contributed by atoms with E-state index in [-0.39, 0.29) is 0 Å². The molecule has 0 spiro atoms. The standard InChI is InChI=1S/C11H9Br3O2/c1-6(2)11(15)16-10(14)7-4-3-5-8(12)9(7)13/h3-5,10H,1H2,2H3. The van der Waals surface area contributed by atoms with Gasteiger partial charge in [-0.2, -0.15) is 0 Å². The Balaban J connectivity index is 2.89. The largest absolute Gasteiger partial charge is 0.442 e. The Hall–Kier alpha value is -0.130. The fourth-order valence-corrected chi connectivity index (χ4v) is 2.67. The minimum atomic E-state index is -0.497. The first kappa shape index (κ1) is 13.9. The molecule has 0 aliphatic heterocycles. The number of hydrogen-bond donors (Lipinski definition) is 0. The van der Waals surface area contributed by atoms with Crippen molar-refractivity contribution in [1.82, 2.24) is 0 Å². The van der Waals surface area contributed by atoms with Gasteiger partial charge in [-0.25, -0.2) is 4.79 Å². The lowest BCUT2D eigenvalue weighted by Crippen LogP contribution is -2.07. The van der Waals surface area contributed by atoms with Gasteiger partial charge in [0.25, 0.3) is 0 Å². The summed E-state index contributed by atoms with van der Waals surface area (Å²) >= 11 is 10.1. The Morgan fingerprint density at radius 1 is 1.44 bits per heavy atom. The van der Waals surface area contributed by atoms with Gasteiger partial charge in [0, 0.05) is 20.1 Å². The van der Waals surface area contributed by atoms with Crippen molar-refractivity contribution in [3.8, 4) is 0 Å². The molecule has 2 nitrogen and oxygen atoms in total. The first-order chi connectivity index (χ1) is 7.43. The highest BCUT2D eigenvalue weighted by atomic mass is 79.9. The van der Waals surface area contributed by atoms with Crippen LogP contribution in [0.1, 0.15) is 17.5 Å². The topological polar surface area (TPSA) is 26.3 Å². The fraction of sp³-hybridized carbons (Fsp3) is 0.182. The fourth-order valence-electron chi connectivity index (χ4n) is 0.954. The third-order valence-corrected chi connectivity index (χ3v) is 4.54. The number of carbonyl (C=O) groups is 1. The van der Waals surface area contributed by atoms with Crippen LogP contribution in [-0.2, 0) is 9.53 Å². The molecule has 0 saturated heterocycles. The number of hydrogen-bond acceptors (Lipinski definition) is 2. The molecule has 0 aliphatic carbocycles. The van der Waals surface area contributed by atoms with Crippen molar-refractivity contribution in [2.45, 2.75) is 11.9 Å². The van der Waals surface area contributed by atoms with Crippen molar-refractivity contribution in [2.75, 3.05) is 0 Å². The van der Waals surface area contributed by atoms with E-state index in [1.807, 2.05) is 18.2 Å². The van der Waals surface area contributed by atoms with Crippen molar-refractivity contribution >= 4 is 53.8 Å². The van der Waals surface area contributed by atoms with Gasteiger partial charge >= 0.3 is 5.97 Å². The van der Waals surface area contributed by atoms with Crippen molar-refractivity contribution in [1.29, 1.82) is 0 Å². The second kappa shape index (κ2) is 5.98. The quantitative estimate of drug-likeness (QED) is 0.408. The molecule has 0 amide bonds. The van der Waals surface area contributed by atoms with Crippen molar-refractivity contribution in [3.63, 3.8) is 0 Å². The van der Waals surface area contributed by atoms with Crippen LogP contribution in [0.2, 0.25) is 0 Å². The lowest BCUT2D eigenvalue weighted by molar-refractivity contribution is -0.140. The number of ether oxygens (including phenoxy) is 1. The molecule has 0 fully saturated rings. The van der Waals surface area contributed by atoms with E-state index >= 15 is 0 Å². The Labute approximate surface area is 119 Å². The van der Waals surface area contributed by atoms with E-state index in [1.165, 1.54) is 0 Å². The molecule has 1 atom stereocenters. The molecule has 16 heavy (non-hydrogen) atoms. The smallest absolute Gasteiger partial charge is 0.334 e. The van der Waals surface area contributed by atoms with Gasteiger partial charge in [0.05, 0.1) is 0 Å². The molecule has 1 rings (SSSR count).